The van der Waals surface area contributed by atoms with Crippen molar-refractivity contribution in [1.82, 2.24) is 10.0 Å². The fraction of sp³-hybridized carbons (Fsp3) is 0.500. The molecule has 0 aliphatic carbocycles. The molecule has 22 heavy (non-hydrogen) atoms. The Morgan fingerprint density at radius 3 is 2.77 bits per heavy atom. The highest BCUT2D eigenvalue weighted by atomic mass is 32.2. The average Bonchev–Trinajstić information content (AvgIpc) is 2.73. The van der Waals surface area contributed by atoms with Crippen LogP contribution in [-0.2, 0) is 21.4 Å². The van der Waals surface area contributed by atoms with Gasteiger partial charge >= 0.3 is 10.2 Å². The van der Waals surface area contributed by atoms with Gasteiger partial charge in [-0.2, -0.15) is 8.42 Å². The summed E-state index contributed by atoms with van der Waals surface area (Å²) in [4.78, 5) is 11.3. The van der Waals surface area contributed by atoms with Gasteiger partial charge in [-0.1, -0.05) is 6.07 Å². The zero-order valence-electron chi connectivity index (χ0n) is 12.1. The molecular formula is C14H19N3O4S. The van der Waals surface area contributed by atoms with Crippen LogP contribution in [0.25, 0.3) is 0 Å². The average molecular weight is 325 g/mol. The van der Waals surface area contributed by atoms with E-state index in [0.717, 1.165) is 42.2 Å². The molecule has 2 saturated heterocycles. The van der Waals surface area contributed by atoms with E-state index in [1.807, 2.05) is 10.8 Å². The van der Waals surface area contributed by atoms with Gasteiger partial charge in [0.05, 0.1) is 5.69 Å². The maximum absolute atomic E-state index is 11.8. The van der Waals surface area contributed by atoms with Crippen LogP contribution in [0.4, 0.5) is 5.69 Å². The molecule has 3 rings (SSSR count). The normalized spacial score (nSPS) is 24.3. The van der Waals surface area contributed by atoms with Crippen molar-refractivity contribution >= 4 is 21.8 Å². The molecule has 0 spiro atoms. The Morgan fingerprint density at radius 1 is 1.36 bits per heavy atom. The minimum absolute atomic E-state index is 0.124. The molecule has 0 radical (unpaired) electrons. The number of hydrogen-bond acceptors (Lipinski definition) is 5. The summed E-state index contributed by atoms with van der Waals surface area (Å²) in [6.07, 6.45) is 3.13. The first-order valence-corrected chi connectivity index (χ1v) is 8.75. The fourth-order valence-corrected chi connectivity index (χ4v) is 4.16. The lowest BCUT2D eigenvalue weighted by Crippen LogP contribution is -2.31. The molecule has 2 aliphatic rings. The van der Waals surface area contributed by atoms with E-state index in [1.165, 1.54) is 0 Å². The molecule has 1 amide bonds. The quantitative estimate of drug-likeness (QED) is 0.733. The predicted molar refractivity (Wildman–Crippen MR) is 81.8 cm³/mol. The second-order valence-electron chi connectivity index (χ2n) is 5.78. The molecule has 0 aromatic heterocycles. The van der Waals surface area contributed by atoms with E-state index < -0.39 is 16.1 Å². The number of benzene rings is 1. The van der Waals surface area contributed by atoms with Gasteiger partial charge in [-0.15, -0.1) is 0 Å². The molecule has 8 heteroatoms. The summed E-state index contributed by atoms with van der Waals surface area (Å²) in [6.45, 7) is 1.71. The van der Waals surface area contributed by atoms with Crippen LogP contribution < -0.4 is 14.3 Å². The molecule has 1 unspecified atom stereocenters. The number of carbonyl (C=O) groups excluding carboxylic acids is 1. The van der Waals surface area contributed by atoms with Gasteiger partial charge in [0.15, 0.2) is 0 Å². The highest BCUT2D eigenvalue weighted by molar-refractivity contribution is 7.92. The summed E-state index contributed by atoms with van der Waals surface area (Å²) >= 11 is 0. The third kappa shape index (κ3) is 3.02. The van der Waals surface area contributed by atoms with E-state index in [2.05, 4.69) is 5.32 Å². The first-order chi connectivity index (χ1) is 10.5. The lowest BCUT2D eigenvalue weighted by atomic mass is 9.92. The fourth-order valence-electron chi connectivity index (χ4n) is 3.00. The number of carbonyl (C=O) groups is 1. The van der Waals surface area contributed by atoms with Gasteiger partial charge < -0.3 is 10.4 Å². The second kappa shape index (κ2) is 5.77. The van der Waals surface area contributed by atoms with Crippen molar-refractivity contribution < 1.29 is 18.3 Å². The van der Waals surface area contributed by atoms with Crippen LogP contribution >= 0.6 is 0 Å². The maximum atomic E-state index is 11.8. The monoisotopic (exact) mass is 325 g/mol. The minimum atomic E-state index is -3.89. The van der Waals surface area contributed by atoms with Crippen molar-refractivity contribution in [3.63, 3.8) is 0 Å². The summed E-state index contributed by atoms with van der Waals surface area (Å²) in [5, 5.41) is 13.5. The van der Waals surface area contributed by atoms with Crippen molar-refractivity contribution in [2.24, 2.45) is 5.92 Å². The molecule has 120 valence electrons. The van der Waals surface area contributed by atoms with Crippen LogP contribution in [0, 0.1) is 5.92 Å². The number of phenolic OH excluding ortho intramolecular Hbond substituents is 1. The Bertz CT molecular complexity index is 683. The van der Waals surface area contributed by atoms with Gasteiger partial charge in [0, 0.05) is 0 Å². The van der Waals surface area contributed by atoms with Crippen LogP contribution in [0.5, 0.6) is 5.75 Å². The van der Waals surface area contributed by atoms with Crippen LogP contribution in [0.1, 0.15) is 18.4 Å². The van der Waals surface area contributed by atoms with E-state index in [1.54, 1.807) is 12.1 Å². The molecule has 1 atom stereocenters. The Balaban J connectivity index is 1.79. The Kier molecular flexibility index (Phi) is 3.96. The first kappa shape index (κ1) is 15.1. The molecule has 2 aliphatic heterocycles. The molecule has 3 N–H and O–H groups in total. The van der Waals surface area contributed by atoms with Crippen molar-refractivity contribution in [3.8, 4) is 5.75 Å². The zero-order valence-corrected chi connectivity index (χ0v) is 12.9. The van der Waals surface area contributed by atoms with E-state index in [0.29, 0.717) is 5.92 Å². The number of nitrogens with zero attached hydrogens (tertiary/aromatic N) is 1. The lowest BCUT2D eigenvalue weighted by Gasteiger charge is -2.23. The molecule has 7 nitrogen and oxygen atoms in total. The van der Waals surface area contributed by atoms with E-state index in [9.17, 15) is 18.3 Å². The molecular weight excluding hydrogens is 306 g/mol. The third-order valence-corrected chi connectivity index (χ3v) is 5.44. The molecule has 1 aromatic rings. The number of amides is 1. The third-order valence-electron chi connectivity index (χ3n) is 4.05. The molecule has 1 aromatic carbocycles. The van der Waals surface area contributed by atoms with Gasteiger partial charge in [-0.3, -0.25) is 4.79 Å². The molecule has 0 bridgehead atoms. The summed E-state index contributed by atoms with van der Waals surface area (Å²) in [6, 6.07) is 4.95. The minimum Gasteiger partial charge on any atom is -0.506 e. The maximum Gasteiger partial charge on any atom is 0.326 e. The van der Waals surface area contributed by atoms with Crippen LogP contribution in [0.15, 0.2) is 18.2 Å². The Labute approximate surface area is 129 Å². The van der Waals surface area contributed by atoms with Crippen LogP contribution in [0.3, 0.4) is 0 Å². The highest BCUT2D eigenvalue weighted by Gasteiger charge is 2.35. The summed E-state index contributed by atoms with van der Waals surface area (Å²) in [7, 11) is -3.89. The van der Waals surface area contributed by atoms with E-state index >= 15 is 0 Å². The number of aromatic hydroxyl groups is 1. The highest BCUT2D eigenvalue weighted by Crippen LogP contribution is 2.32. The topological polar surface area (TPSA) is 98.7 Å². The van der Waals surface area contributed by atoms with Crippen LogP contribution in [0.2, 0.25) is 0 Å². The molecule has 2 heterocycles. The van der Waals surface area contributed by atoms with Crippen molar-refractivity contribution in [2.75, 3.05) is 23.9 Å². The van der Waals surface area contributed by atoms with Gasteiger partial charge in [-0.25, -0.2) is 9.03 Å². The van der Waals surface area contributed by atoms with Crippen LogP contribution in [-0.4, -0.2) is 39.1 Å². The van der Waals surface area contributed by atoms with Gasteiger partial charge in [0.1, 0.15) is 12.3 Å². The van der Waals surface area contributed by atoms with E-state index in [4.69, 9.17) is 0 Å². The van der Waals surface area contributed by atoms with Gasteiger partial charge in [-0.05, 0) is 56.0 Å². The smallest absolute Gasteiger partial charge is 0.326 e. The van der Waals surface area contributed by atoms with Crippen molar-refractivity contribution in [3.05, 3.63) is 23.8 Å². The summed E-state index contributed by atoms with van der Waals surface area (Å²) in [5.41, 5.74) is 1.09. The number of anilines is 1. The summed E-state index contributed by atoms with van der Waals surface area (Å²) in [5.74, 6) is -0.198. The predicted octanol–water partition coefficient (Wildman–Crippen LogP) is 0.115. The first-order valence-electron chi connectivity index (χ1n) is 7.31. The lowest BCUT2D eigenvalue weighted by molar-refractivity contribution is -0.117. The SMILES string of the molecule is O=C1CN(c2ccc(CC3CCCNC3)cc2O)S(=O)(=O)N1. The largest absolute Gasteiger partial charge is 0.506 e. The molecule has 0 saturated carbocycles. The van der Waals surface area contributed by atoms with Crippen molar-refractivity contribution in [1.29, 1.82) is 0 Å². The number of piperidine rings is 1. The number of nitrogens with one attached hydrogen (secondary N) is 2. The molecule has 2 fully saturated rings. The number of rotatable bonds is 3. The van der Waals surface area contributed by atoms with Gasteiger partial charge in [0.2, 0.25) is 0 Å². The standard InChI is InChI=1S/C14H19N3O4S/c18-13-7-10(6-11-2-1-5-15-8-11)3-4-12(13)17-9-14(19)16-22(17,20)21/h3-4,7,11,15,18H,1-2,5-6,8-9H2,(H,16,19). The second-order valence-corrected chi connectivity index (χ2v) is 7.37. The van der Waals surface area contributed by atoms with Gasteiger partial charge in [0.25, 0.3) is 5.91 Å². The summed E-state index contributed by atoms with van der Waals surface area (Å²) < 4.78 is 26.4. The Hall–Kier alpha value is -1.80. The Morgan fingerprint density at radius 2 is 2.18 bits per heavy atom. The number of phenols is 1. The zero-order chi connectivity index (χ0) is 15.7. The number of hydrogen-bond donors (Lipinski definition) is 3. The van der Waals surface area contributed by atoms with Crippen molar-refractivity contribution in [2.45, 2.75) is 19.3 Å². The van der Waals surface area contributed by atoms with E-state index in [-0.39, 0.29) is 18.0 Å².